The van der Waals surface area contributed by atoms with Crippen LogP contribution in [0.1, 0.15) is 21.7 Å². The maximum atomic E-state index is 14.8. The number of halogens is 1. The Labute approximate surface area is 182 Å². The lowest BCUT2D eigenvalue weighted by Crippen LogP contribution is -2.13. The molecule has 32 heavy (non-hydrogen) atoms. The van der Waals surface area contributed by atoms with E-state index in [0.717, 1.165) is 5.56 Å². The van der Waals surface area contributed by atoms with Gasteiger partial charge in [-0.05, 0) is 13.0 Å². The van der Waals surface area contributed by atoms with Crippen LogP contribution in [0.2, 0.25) is 0 Å². The predicted molar refractivity (Wildman–Crippen MR) is 115 cm³/mol. The zero-order valence-corrected chi connectivity index (χ0v) is 17.4. The monoisotopic (exact) mass is 427 g/mol. The van der Waals surface area contributed by atoms with Gasteiger partial charge in [0.25, 0.3) is 0 Å². The summed E-state index contributed by atoms with van der Waals surface area (Å²) in [6.45, 7) is 1.81. The van der Waals surface area contributed by atoms with Crippen LogP contribution in [0.3, 0.4) is 0 Å². The molecule has 8 nitrogen and oxygen atoms in total. The number of nitrogens with zero attached hydrogens (tertiary/aromatic N) is 7. The third-order valence-corrected chi connectivity index (χ3v) is 5.23. The maximum absolute atomic E-state index is 14.8. The molecule has 5 rings (SSSR count). The summed E-state index contributed by atoms with van der Waals surface area (Å²) in [5.41, 5.74) is 3.69. The van der Waals surface area contributed by atoms with E-state index in [2.05, 4.69) is 25.1 Å². The fourth-order valence-corrected chi connectivity index (χ4v) is 3.66. The number of rotatable bonds is 5. The summed E-state index contributed by atoms with van der Waals surface area (Å²) in [6, 6.07) is 11.0. The molecule has 0 atom stereocenters. The quantitative estimate of drug-likeness (QED) is 0.399. The third-order valence-electron chi connectivity index (χ3n) is 5.23. The van der Waals surface area contributed by atoms with Crippen molar-refractivity contribution >= 4 is 11.4 Å². The molecule has 0 unspecified atom stereocenters. The van der Waals surface area contributed by atoms with Crippen LogP contribution >= 0.6 is 0 Å². The smallest absolute Gasteiger partial charge is 0.186 e. The first-order chi connectivity index (χ1) is 15.5. The molecule has 0 fully saturated rings. The Morgan fingerprint density at radius 2 is 1.91 bits per heavy atom. The molecule has 0 spiro atoms. The van der Waals surface area contributed by atoms with E-state index in [9.17, 15) is 9.18 Å². The van der Waals surface area contributed by atoms with Crippen molar-refractivity contribution in [3.8, 4) is 22.6 Å². The number of ketones is 1. The predicted octanol–water partition coefficient (Wildman–Crippen LogP) is 3.46. The van der Waals surface area contributed by atoms with Crippen LogP contribution in [0.25, 0.3) is 28.3 Å². The van der Waals surface area contributed by atoms with Crippen molar-refractivity contribution in [3.63, 3.8) is 0 Å². The number of fused-ring (bicyclic) bond motifs is 1. The van der Waals surface area contributed by atoms with Crippen LogP contribution in [0.15, 0.2) is 61.2 Å². The summed E-state index contributed by atoms with van der Waals surface area (Å²) in [7, 11) is 1.67. The summed E-state index contributed by atoms with van der Waals surface area (Å²) in [5, 5.41) is 8.56. The molecule has 0 radical (unpaired) electrons. The number of benzene rings is 1. The molecule has 0 N–H and O–H groups in total. The van der Waals surface area contributed by atoms with Gasteiger partial charge in [0.2, 0.25) is 0 Å². The van der Waals surface area contributed by atoms with E-state index in [0.29, 0.717) is 34.1 Å². The van der Waals surface area contributed by atoms with Gasteiger partial charge in [-0.1, -0.05) is 30.3 Å². The Kier molecular flexibility index (Phi) is 4.78. The highest BCUT2D eigenvalue weighted by Crippen LogP contribution is 2.25. The molecule has 9 heteroatoms. The van der Waals surface area contributed by atoms with Gasteiger partial charge in [0.05, 0.1) is 29.3 Å². The van der Waals surface area contributed by atoms with Gasteiger partial charge in [-0.15, -0.1) is 5.10 Å². The van der Waals surface area contributed by atoms with E-state index in [1.165, 1.54) is 15.4 Å². The highest BCUT2D eigenvalue weighted by molar-refractivity contribution is 6.01. The van der Waals surface area contributed by atoms with Crippen molar-refractivity contribution in [1.29, 1.82) is 0 Å². The van der Waals surface area contributed by atoms with Gasteiger partial charge in [0, 0.05) is 37.0 Å². The minimum Gasteiger partial charge on any atom is -0.292 e. The highest BCUT2D eigenvalue weighted by Gasteiger charge is 2.22. The molecule has 4 heterocycles. The average Bonchev–Trinajstić information content (AvgIpc) is 3.38. The van der Waals surface area contributed by atoms with Crippen molar-refractivity contribution in [2.24, 2.45) is 7.05 Å². The van der Waals surface area contributed by atoms with Gasteiger partial charge in [-0.25, -0.2) is 13.9 Å². The Morgan fingerprint density at radius 3 is 2.69 bits per heavy atom. The fraction of sp³-hybridized carbons (Fsp3) is 0.130. The van der Waals surface area contributed by atoms with Crippen LogP contribution in [0.4, 0.5) is 4.39 Å². The van der Waals surface area contributed by atoms with Crippen molar-refractivity contribution < 1.29 is 9.18 Å². The van der Waals surface area contributed by atoms with Crippen LogP contribution in [-0.2, 0) is 13.5 Å². The largest absolute Gasteiger partial charge is 0.292 e. The van der Waals surface area contributed by atoms with E-state index >= 15 is 0 Å². The molecule has 0 aliphatic rings. The van der Waals surface area contributed by atoms with Crippen molar-refractivity contribution in [2.75, 3.05) is 0 Å². The van der Waals surface area contributed by atoms with Gasteiger partial charge < -0.3 is 0 Å². The molecule has 158 valence electrons. The normalized spacial score (nSPS) is 11.2. The molecule has 0 bridgehead atoms. The molecule has 0 saturated carbocycles. The van der Waals surface area contributed by atoms with Crippen molar-refractivity contribution in [2.45, 2.75) is 13.3 Å². The average molecular weight is 427 g/mol. The first-order valence-electron chi connectivity index (χ1n) is 9.94. The lowest BCUT2D eigenvalue weighted by molar-refractivity contribution is 0.0983. The molecular weight excluding hydrogens is 409 g/mol. The number of hydrogen-bond donors (Lipinski definition) is 0. The maximum Gasteiger partial charge on any atom is 0.186 e. The van der Waals surface area contributed by atoms with E-state index in [-0.39, 0.29) is 17.8 Å². The Morgan fingerprint density at radius 1 is 1.12 bits per heavy atom. The van der Waals surface area contributed by atoms with Crippen molar-refractivity contribution in [1.82, 2.24) is 34.3 Å². The summed E-state index contributed by atoms with van der Waals surface area (Å²) >= 11 is 0. The molecule has 4 aromatic heterocycles. The summed E-state index contributed by atoms with van der Waals surface area (Å²) < 4.78 is 17.7. The van der Waals surface area contributed by atoms with Crippen LogP contribution in [-0.4, -0.2) is 40.1 Å². The zero-order valence-electron chi connectivity index (χ0n) is 17.4. The summed E-state index contributed by atoms with van der Waals surface area (Å²) in [5.74, 6) is -0.327. The minimum absolute atomic E-state index is 0.151. The van der Waals surface area contributed by atoms with Gasteiger partial charge >= 0.3 is 0 Å². The molecule has 0 saturated heterocycles. The Hall–Kier alpha value is -4.27. The molecular formula is C23H18FN7O. The lowest BCUT2D eigenvalue weighted by Gasteiger charge is -2.08. The number of carbonyl (C=O) groups is 1. The van der Waals surface area contributed by atoms with Gasteiger partial charge in [-0.3, -0.25) is 19.4 Å². The molecule has 0 aliphatic carbocycles. The summed E-state index contributed by atoms with van der Waals surface area (Å²) in [6.07, 6.45) is 5.82. The first-order valence-corrected chi connectivity index (χ1v) is 9.94. The second-order valence-corrected chi connectivity index (χ2v) is 7.37. The fourth-order valence-electron chi connectivity index (χ4n) is 3.66. The summed E-state index contributed by atoms with van der Waals surface area (Å²) in [4.78, 5) is 26.3. The number of pyridine rings is 1. The van der Waals surface area contributed by atoms with E-state index in [1.807, 2.05) is 37.3 Å². The Bertz CT molecular complexity index is 1460. The Balaban J connectivity index is 1.50. The third kappa shape index (κ3) is 3.43. The van der Waals surface area contributed by atoms with Gasteiger partial charge in [-0.2, -0.15) is 5.10 Å². The molecule has 1 aromatic carbocycles. The van der Waals surface area contributed by atoms with E-state index in [1.54, 1.807) is 31.7 Å². The van der Waals surface area contributed by atoms with Crippen LogP contribution in [0, 0.1) is 12.7 Å². The molecule has 0 aliphatic heterocycles. The van der Waals surface area contributed by atoms with Crippen LogP contribution in [0.5, 0.6) is 0 Å². The SMILES string of the molecule is Cc1nccnc1-c1cnn(C)c1C(=O)Cc1cc2nc(-c3ccccc3)nn2cc1F. The van der Waals surface area contributed by atoms with E-state index < -0.39 is 5.82 Å². The number of aryl methyl sites for hydroxylation is 2. The second kappa shape index (κ2) is 7.77. The molecule has 5 aromatic rings. The topological polar surface area (TPSA) is 90.9 Å². The van der Waals surface area contributed by atoms with Gasteiger partial charge in [0.1, 0.15) is 11.5 Å². The number of hydrogen-bond acceptors (Lipinski definition) is 6. The number of Topliss-reactive ketones (excluding diaryl/α,β-unsaturated/α-hetero) is 1. The second-order valence-electron chi connectivity index (χ2n) is 7.37. The van der Waals surface area contributed by atoms with Crippen LogP contribution < -0.4 is 0 Å². The van der Waals surface area contributed by atoms with E-state index in [4.69, 9.17) is 0 Å². The molecule has 0 amide bonds. The minimum atomic E-state index is -0.533. The van der Waals surface area contributed by atoms with Crippen molar-refractivity contribution in [3.05, 3.63) is 84.0 Å². The zero-order chi connectivity index (χ0) is 22.2. The number of aromatic nitrogens is 7. The lowest BCUT2D eigenvalue weighted by atomic mass is 10.0. The number of carbonyl (C=O) groups excluding carboxylic acids is 1. The first kappa shape index (κ1) is 19.7. The van der Waals surface area contributed by atoms with Gasteiger partial charge in [0.15, 0.2) is 17.3 Å². The highest BCUT2D eigenvalue weighted by atomic mass is 19.1. The standard InChI is InChI=1S/C23H18FN7O/c1-14-21(26-9-8-25-14)17-12-27-30(2)22(17)19(32)10-16-11-20-28-23(15-6-4-3-5-7-15)29-31(20)13-18(16)24/h3-9,11-13H,10H2,1-2H3.